The summed E-state index contributed by atoms with van der Waals surface area (Å²) in [6.45, 7) is 3.16. The van der Waals surface area contributed by atoms with E-state index in [4.69, 9.17) is 4.74 Å². The fourth-order valence-corrected chi connectivity index (χ4v) is 4.43. The first-order valence-corrected chi connectivity index (χ1v) is 13.5. The van der Waals surface area contributed by atoms with Crippen LogP contribution in [0.2, 0.25) is 0 Å². The predicted octanol–water partition coefficient (Wildman–Crippen LogP) is 7.11. The Morgan fingerprint density at radius 3 is 2.22 bits per heavy atom. The molecular weight excluding hydrogens is 462 g/mol. The van der Waals surface area contributed by atoms with E-state index >= 15 is 0 Å². The molecule has 1 unspecified atom stereocenters. The summed E-state index contributed by atoms with van der Waals surface area (Å²) in [7, 11) is 0. The van der Waals surface area contributed by atoms with E-state index in [2.05, 4.69) is 36.5 Å². The van der Waals surface area contributed by atoms with Crippen molar-refractivity contribution in [3.63, 3.8) is 0 Å². The van der Waals surface area contributed by atoms with Gasteiger partial charge in [0.1, 0.15) is 12.4 Å². The number of ether oxygens (including phenoxy) is 1. The molecule has 3 aromatic rings. The Balaban J connectivity index is 1.22. The minimum atomic E-state index is -0.522. The molecule has 0 heterocycles. The number of benzene rings is 3. The topological polar surface area (TPSA) is 78.8 Å². The average molecular weight is 504 g/mol. The third kappa shape index (κ3) is 11.1. The van der Waals surface area contributed by atoms with Gasteiger partial charge in [0.25, 0.3) is 0 Å². The number of unbranched alkanes of at least 4 members (excludes halogenated alkanes) is 1. The predicted molar refractivity (Wildman–Crippen MR) is 148 cm³/mol. The molecule has 198 valence electrons. The van der Waals surface area contributed by atoms with Crippen LogP contribution < -0.4 is 5.32 Å². The van der Waals surface area contributed by atoms with Gasteiger partial charge in [0, 0.05) is 6.54 Å². The Kier molecular flexibility index (Phi) is 12.0. The zero-order valence-electron chi connectivity index (χ0n) is 21.9. The number of phenolic OH excluding ortho intramolecular Hbond substituents is 1. The second-order valence-electron chi connectivity index (χ2n) is 9.95. The van der Waals surface area contributed by atoms with Crippen molar-refractivity contribution in [1.29, 1.82) is 0 Å². The number of amides is 1. The first-order valence-electron chi connectivity index (χ1n) is 13.5. The fraction of sp³-hybridized carbons (Fsp3) is 0.406. The van der Waals surface area contributed by atoms with E-state index in [0.717, 1.165) is 56.1 Å². The number of hydrogen-bond acceptors (Lipinski definition) is 4. The van der Waals surface area contributed by atoms with Gasteiger partial charge in [0.15, 0.2) is 0 Å². The number of aromatic hydroxyl groups is 1. The maximum atomic E-state index is 11.8. The van der Waals surface area contributed by atoms with Crippen molar-refractivity contribution < 1.29 is 19.7 Å². The minimum Gasteiger partial charge on any atom is -0.508 e. The van der Waals surface area contributed by atoms with Gasteiger partial charge in [-0.15, -0.1) is 0 Å². The smallest absolute Gasteiger partial charge is 0.407 e. The van der Waals surface area contributed by atoms with Crippen LogP contribution in [0, 0.1) is 5.92 Å². The second-order valence-corrected chi connectivity index (χ2v) is 9.95. The molecular formula is C32H41NO4. The van der Waals surface area contributed by atoms with E-state index in [0.29, 0.717) is 25.5 Å². The van der Waals surface area contributed by atoms with Gasteiger partial charge in [-0.05, 0) is 85.3 Å². The zero-order chi connectivity index (χ0) is 26.3. The molecule has 37 heavy (non-hydrogen) atoms. The van der Waals surface area contributed by atoms with Gasteiger partial charge in [-0.25, -0.2) is 4.79 Å². The molecule has 0 fully saturated rings. The Hall–Kier alpha value is -3.31. The first-order chi connectivity index (χ1) is 18.0. The van der Waals surface area contributed by atoms with Gasteiger partial charge in [-0.2, -0.15) is 0 Å². The standard InChI is InChI=1S/C32H41NO4/c1-25(16-21-31(35)29-14-8-15-30(34)23-29)9-7-13-27-19-17-26(18-20-27)10-5-6-22-33-32(36)37-24-28-11-3-2-4-12-28/h2-4,8,11-12,14-15,17-20,23,25,31,34-35H,5-7,9-10,13,16,21-22,24H2,1H3,(H,33,36)/t25?,31-/m0/s1. The van der Waals surface area contributed by atoms with Crippen molar-refractivity contribution in [3.8, 4) is 5.75 Å². The lowest BCUT2D eigenvalue weighted by molar-refractivity contribution is 0.139. The monoisotopic (exact) mass is 503 g/mol. The molecule has 0 radical (unpaired) electrons. The molecule has 0 spiro atoms. The quantitative estimate of drug-likeness (QED) is 0.193. The molecule has 0 aromatic heterocycles. The average Bonchev–Trinajstić information content (AvgIpc) is 2.92. The van der Waals surface area contributed by atoms with Crippen LogP contribution in [-0.2, 0) is 24.2 Å². The van der Waals surface area contributed by atoms with Crippen LogP contribution in [-0.4, -0.2) is 22.9 Å². The molecule has 5 nitrogen and oxygen atoms in total. The van der Waals surface area contributed by atoms with Crippen molar-refractivity contribution in [2.45, 2.75) is 71.0 Å². The van der Waals surface area contributed by atoms with Crippen molar-refractivity contribution in [2.24, 2.45) is 5.92 Å². The lowest BCUT2D eigenvalue weighted by Crippen LogP contribution is -2.25. The number of carbonyl (C=O) groups excluding carboxylic acids is 1. The number of aliphatic hydroxyl groups is 1. The number of rotatable bonds is 15. The highest BCUT2D eigenvalue weighted by atomic mass is 16.5. The number of carbonyl (C=O) groups is 1. The normalized spacial score (nSPS) is 12.6. The number of hydrogen-bond donors (Lipinski definition) is 3. The Labute approximate surface area is 221 Å². The van der Waals surface area contributed by atoms with Crippen molar-refractivity contribution in [2.75, 3.05) is 6.54 Å². The Morgan fingerprint density at radius 1 is 0.811 bits per heavy atom. The number of alkyl carbamates (subject to hydrolysis) is 1. The second kappa shape index (κ2) is 15.7. The van der Waals surface area contributed by atoms with Crippen LogP contribution in [0.3, 0.4) is 0 Å². The summed E-state index contributed by atoms with van der Waals surface area (Å²) in [5.74, 6) is 0.750. The zero-order valence-corrected chi connectivity index (χ0v) is 21.9. The highest BCUT2D eigenvalue weighted by molar-refractivity contribution is 5.67. The molecule has 5 heteroatoms. The lowest BCUT2D eigenvalue weighted by Gasteiger charge is -2.15. The van der Waals surface area contributed by atoms with Crippen LogP contribution in [0.1, 0.15) is 73.8 Å². The van der Waals surface area contributed by atoms with Crippen LogP contribution >= 0.6 is 0 Å². The molecule has 3 rings (SSSR count). The molecule has 0 aliphatic heterocycles. The maximum Gasteiger partial charge on any atom is 0.407 e. The molecule has 1 amide bonds. The Bertz CT molecular complexity index is 1050. The van der Waals surface area contributed by atoms with Crippen molar-refractivity contribution >= 4 is 6.09 Å². The van der Waals surface area contributed by atoms with E-state index < -0.39 is 6.10 Å². The van der Waals surface area contributed by atoms with Gasteiger partial charge in [0.2, 0.25) is 0 Å². The fourth-order valence-electron chi connectivity index (χ4n) is 4.43. The minimum absolute atomic E-state index is 0.198. The summed E-state index contributed by atoms with van der Waals surface area (Å²) in [6.07, 6.45) is 7.06. The maximum absolute atomic E-state index is 11.8. The van der Waals surface area contributed by atoms with E-state index in [1.165, 1.54) is 11.1 Å². The van der Waals surface area contributed by atoms with E-state index in [9.17, 15) is 15.0 Å². The SMILES string of the molecule is CC(CCCc1ccc(CCCCNC(=O)OCc2ccccc2)cc1)CC[C@H](O)c1cccc(O)c1. The van der Waals surface area contributed by atoms with E-state index in [1.54, 1.807) is 18.2 Å². The summed E-state index contributed by atoms with van der Waals surface area (Å²) < 4.78 is 5.23. The van der Waals surface area contributed by atoms with Gasteiger partial charge >= 0.3 is 6.09 Å². The van der Waals surface area contributed by atoms with E-state index in [1.807, 2.05) is 36.4 Å². The summed E-state index contributed by atoms with van der Waals surface area (Å²) in [6, 6.07) is 25.5. The molecule has 2 atom stereocenters. The summed E-state index contributed by atoms with van der Waals surface area (Å²) in [5, 5.41) is 22.8. The first kappa shape index (κ1) is 28.3. The summed E-state index contributed by atoms with van der Waals surface area (Å²) in [4.78, 5) is 11.8. The number of aryl methyl sites for hydroxylation is 2. The van der Waals surface area contributed by atoms with E-state index in [-0.39, 0.29) is 11.8 Å². The van der Waals surface area contributed by atoms with Gasteiger partial charge in [-0.1, -0.05) is 80.1 Å². The lowest BCUT2D eigenvalue weighted by atomic mass is 9.93. The van der Waals surface area contributed by atoms with Crippen LogP contribution in [0.25, 0.3) is 0 Å². The van der Waals surface area contributed by atoms with Gasteiger partial charge in [-0.3, -0.25) is 0 Å². The summed E-state index contributed by atoms with van der Waals surface area (Å²) >= 11 is 0. The molecule has 0 aliphatic carbocycles. The third-order valence-corrected chi connectivity index (χ3v) is 6.75. The van der Waals surface area contributed by atoms with Gasteiger partial charge in [0.05, 0.1) is 6.10 Å². The number of nitrogens with one attached hydrogen (secondary N) is 1. The van der Waals surface area contributed by atoms with Crippen molar-refractivity contribution in [1.82, 2.24) is 5.32 Å². The van der Waals surface area contributed by atoms with Crippen LogP contribution in [0.4, 0.5) is 4.79 Å². The molecule has 0 aliphatic rings. The highest BCUT2D eigenvalue weighted by Gasteiger charge is 2.11. The number of phenols is 1. The van der Waals surface area contributed by atoms with Crippen molar-refractivity contribution in [3.05, 3.63) is 101 Å². The molecule has 0 saturated carbocycles. The van der Waals surface area contributed by atoms with Crippen LogP contribution in [0.5, 0.6) is 5.75 Å². The molecule has 0 bridgehead atoms. The summed E-state index contributed by atoms with van der Waals surface area (Å²) in [5.41, 5.74) is 4.45. The molecule has 3 aromatic carbocycles. The van der Waals surface area contributed by atoms with Gasteiger partial charge < -0.3 is 20.3 Å². The molecule has 0 saturated heterocycles. The highest BCUT2D eigenvalue weighted by Crippen LogP contribution is 2.25. The molecule has 3 N–H and O–H groups in total. The Morgan fingerprint density at radius 2 is 1.51 bits per heavy atom. The third-order valence-electron chi connectivity index (χ3n) is 6.75. The number of aliphatic hydroxyl groups excluding tert-OH is 1. The largest absolute Gasteiger partial charge is 0.508 e. The van der Waals surface area contributed by atoms with Crippen LogP contribution in [0.15, 0.2) is 78.9 Å².